The third kappa shape index (κ3) is 3.25. The van der Waals surface area contributed by atoms with Crippen LogP contribution in [0.3, 0.4) is 0 Å². The molecular weight excluding hydrogens is 364 g/mol. The van der Waals surface area contributed by atoms with Gasteiger partial charge in [0.05, 0.1) is 23.4 Å². The zero-order chi connectivity index (χ0) is 20.1. The molecule has 1 aromatic carbocycles. The Kier molecular flexibility index (Phi) is 4.28. The summed E-state index contributed by atoms with van der Waals surface area (Å²) in [5.41, 5.74) is 5.55. The molecule has 0 aliphatic heterocycles. The fraction of sp³-hybridized carbons (Fsp3) is 0.333. The Hall–Kier alpha value is -2.92. The van der Waals surface area contributed by atoms with Crippen molar-refractivity contribution >= 4 is 22.9 Å². The van der Waals surface area contributed by atoms with Gasteiger partial charge in [-0.05, 0) is 72.1 Å². The maximum Gasteiger partial charge on any atom is 0.337 e. The average molecular weight is 388 g/mol. The van der Waals surface area contributed by atoms with Gasteiger partial charge in [-0.1, -0.05) is 12.2 Å². The molecular formula is C24H24N2O3. The Bertz CT molecular complexity index is 1140. The van der Waals surface area contributed by atoms with E-state index in [1.807, 2.05) is 31.6 Å². The molecule has 0 spiro atoms. The van der Waals surface area contributed by atoms with Crippen LogP contribution in [0.15, 0.2) is 42.7 Å². The fourth-order valence-electron chi connectivity index (χ4n) is 4.49. The van der Waals surface area contributed by atoms with Gasteiger partial charge in [-0.15, -0.1) is 0 Å². The first kappa shape index (κ1) is 18.1. The molecule has 2 unspecified atom stereocenters. The number of pyridine rings is 1. The van der Waals surface area contributed by atoms with Crippen LogP contribution >= 0.6 is 0 Å². The molecule has 29 heavy (non-hydrogen) atoms. The Morgan fingerprint density at radius 2 is 2.07 bits per heavy atom. The predicted molar refractivity (Wildman–Crippen MR) is 112 cm³/mol. The summed E-state index contributed by atoms with van der Waals surface area (Å²) in [6, 6.07) is 8.30. The van der Waals surface area contributed by atoms with Gasteiger partial charge in [0, 0.05) is 30.7 Å². The number of carbonyl (C=O) groups is 1. The van der Waals surface area contributed by atoms with E-state index in [4.69, 9.17) is 0 Å². The molecule has 5 rings (SSSR count). The summed E-state index contributed by atoms with van der Waals surface area (Å²) in [6.45, 7) is 0.00142. The number of nitrogens with zero attached hydrogens (tertiary/aromatic N) is 2. The Balaban J connectivity index is 1.50. The lowest BCUT2D eigenvalue weighted by atomic mass is 9.99. The lowest BCUT2D eigenvalue weighted by molar-refractivity contribution is 0.0695. The monoisotopic (exact) mass is 388 g/mol. The first-order valence-corrected chi connectivity index (χ1v) is 10.2. The molecule has 2 aliphatic carbocycles. The minimum atomic E-state index is -0.884. The van der Waals surface area contributed by atoms with Crippen LogP contribution in [0.25, 0.3) is 17.0 Å². The third-order valence-electron chi connectivity index (χ3n) is 6.21. The van der Waals surface area contributed by atoms with Crippen LogP contribution in [0.5, 0.6) is 0 Å². The molecule has 2 N–H and O–H groups in total. The first-order valence-electron chi connectivity index (χ1n) is 10.2. The number of aliphatic hydroxyl groups excluding tert-OH is 1. The zero-order valence-corrected chi connectivity index (χ0v) is 16.4. The van der Waals surface area contributed by atoms with Gasteiger partial charge in [-0.3, -0.25) is 4.98 Å². The fourth-order valence-corrected chi connectivity index (χ4v) is 4.49. The summed E-state index contributed by atoms with van der Waals surface area (Å²) in [7, 11) is 2.02. The van der Waals surface area contributed by atoms with Gasteiger partial charge in [0.25, 0.3) is 0 Å². The third-order valence-corrected chi connectivity index (χ3v) is 6.21. The molecule has 2 heterocycles. The standard InChI is InChI=1S/C24H24N2O3/c1-26-7-6-16-10-17(9-15(23(16)26)3-2-8-27)19-12-20(19)22-21(24(28)29)11-18(13-25-22)14-4-5-14/h2-3,6-7,9-11,13-14,19-20,27H,4-5,8,12H2,1H3,(H,28,29)/b3-2+. The summed E-state index contributed by atoms with van der Waals surface area (Å²) in [5, 5.41) is 20.1. The van der Waals surface area contributed by atoms with Crippen molar-refractivity contribution in [2.45, 2.75) is 37.0 Å². The van der Waals surface area contributed by atoms with Gasteiger partial charge in [0.1, 0.15) is 0 Å². The van der Waals surface area contributed by atoms with Crippen LogP contribution in [0, 0.1) is 0 Å². The van der Waals surface area contributed by atoms with Crippen molar-refractivity contribution in [3.8, 4) is 0 Å². The van der Waals surface area contributed by atoms with Crippen LogP contribution in [0.2, 0.25) is 0 Å². The number of benzene rings is 1. The molecule has 2 saturated carbocycles. The van der Waals surface area contributed by atoms with Gasteiger partial charge in [-0.25, -0.2) is 4.79 Å². The summed E-state index contributed by atoms with van der Waals surface area (Å²) in [5.74, 6) is 0.0279. The first-order chi connectivity index (χ1) is 14.1. The maximum absolute atomic E-state index is 11.9. The van der Waals surface area contributed by atoms with Crippen LogP contribution < -0.4 is 0 Å². The molecule has 148 valence electrons. The number of aliphatic hydroxyl groups is 1. The molecule has 2 aromatic heterocycles. The summed E-state index contributed by atoms with van der Waals surface area (Å²) < 4.78 is 2.08. The number of fused-ring (bicyclic) bond motifs is 1. The zero-order valence-electron chi connectivity index (χ0n) is 16.4. The van der Waals surface area contributed by atoms with Crippen molar-refractivity contribution in [1.82, 2.24) is 9.55 Å². The highest BCUT2D eigenvalue weighted by atomic mass is 16.4. The minimum absolute atomic E-state index is 0.00142. The molecule has 0 amide bonds. The van der Waals surface area contributed by atoms with Gasteiger partial charge in [0.15, 0.2) is 0 Å². The van der Waals surface area contributed by atoms with E-state index in [1.165, 1.54) is 5.56 Å². The molecule has 0 bridgehead atoms. The number of aromatic nitrogens is 2. The van der Waals surface area contributed by atoms with Crippen molar-refractivity contribution in [3.05, 3.63) is 70.7 Å². The smallest absolute Gasteiger partial charge is 0.337 e. The van der Waals surface area contributed by atoms with E-state index >= 15 is 0 Å². The number of hydrogen-bond donors (Lipinski definition) is 2. The predicted octanol–water partition coefficient (Wildman–Crippen LogP) is 4.43. The average Bonchev–Trinajstić information content (AvgIpc) is 3.63. The number of carboxylic acid groups (broad SMARTS) is 1. The number of aryl methyl sites for hydroxylation is 1. The topological polar surface area (TPSA) is 75.4 Å². The van der Waals surface area contributed by atoms with Crippen molar-refractivity contribution < 1.29 is 15.0 Å². The van der Waals surface area contributed by atoms with E-state index < -0.39 is 5.97 Å². The van der Waals surface area contributed by atoms with Crippen molar-refractivity contribution in [3.63, 3.8) is 0 Å². The van der Waals surface area contributed by atoms with Gasteiger partial charge >= 0.3 is 5.97 Å². The Labute approximate surface area is 169 Å². The number of aromatic carboxylic acids is 1. The van der Waals surface area contributed by atoms with Gasteiger partial charge in [0.2, 0.25) is 0 Å². The maximum atomic E-state index is 11.9. The molecule has 2 atom stereocenters. The molecule has 0 saturated heterocycles. The van der Waals surface area contributed by atoms with Gasteiger partial charge in [-0.2, -0.15) is 0 Å². The van der Waals surface area contributed by atoms with E-state index in [1.54, 1.807) is 6.08 Å². The highest BCUT2D eigenvalue weighted by Gasteiger charge is 2.43. The van der Waals surface area contributed by atoms with Crippen LogP contribution in [0.1, 0.15) is 69.8 Å². The number of carboxylic acids is 1. The second kappa shape index (κ2) is 6.85. The minimum Gasteiger partial charge on any atom is -0.478 e. The number of hydrogen-bond acceptors (Lipinski definition) is 3. The highest BCUT2D eigenvalue weighted by molar-refractivity contribution is 5.91. The van der Waals surface area contributed by atoms with Crippen molar-refractivity contribution in [2.24, 2.45) is 7.05 Å². The lowest BCUT2D eigenvalue weighted by Gasteiger charge is -2.09. The highest BCUT2D eigenvalue weighted by Crippen LogP contribution is 2.55. The molecule has 5 heteroatoms. The molecule has 2 fully saturated rings. The van der Waals surface area contributed by atoms with Crippen LogP contribution in [0.4, 0.5) is 0 Å². The molecule has 5 nitrogen and oxygen atoms in total. The summed E-state index contributed by atoms with van der Waals surface area (Å²) >= 11 is 0. The quantitative estimate of drug-likeness (QED) is 0.655. The largest absolute Gasteiger partial charge is 0.478 e. The van der Waals surface area contributed by atoms with E-state index in [0.717, 1.165) is 41.3 Å². The van der Waals surface area contributed by atoms with E-state index in [-0.39, 0.29) is 18.4 Å². The van der Waals surface area contributed by atoms with Crippen LogP contribution in [-0.2, 0) is 7.05 Å². The summed E-state index contributed by atoms with van der Waals surface area (Å²) in [4.78, 5) is 16.5. The van der Waals surface area contributed by atoms with Crippen molar-refractivity contribution in [2.75, 3.05) is 6.61 Å². The number of rotatable bonds is 6. The van der Waals surface area contributed by atoms with Gasteiger partial charge < -0.3 is 14.8 Å². The molecule has 2 aliphatic rings. The van der Waals surface area contributed by atoms with E-state index in [0.29, 0.717) is 17.2 Å². The molecule has 3 aromatic rings. The Morgan fingerprint density at radius 1 is 1.24 bits per heavy atom. The lowest BCUT2D eigenvalue weighted by Crippen LogP contribution is -2.06. The second-order valence-corrected chi connectivity index (χ2v) is 8.29. The molecule has 0 radical (unpaired) electrons. The second-order valence-electron chi connectivity index (χ2n) is 8.29. The van der Waals surface area contributed by atoms with E-state index in [9.17, 15) is 15.0 Å². The Morgan fingerprint density at radius 3 is 2.79 bits per heavy atom. The van der Waals surface area contributed by atoms with E-state index in [2.05, 4.69) is 27.8 Å². The van der Waals surface area contributed by atoms with Crippen molar-refractivity contribution in [1.29, 1.82) is 0 Å². The SMILES string of the molecule is Cn1ccc2cc(C3CC3c3ncc(C4CC4)cc3C(=O)O)cc(/C=C/CO)c21. The van der Waals surface area contributed by atoms with Crippen LogP contribution in [-0.4, -0.2) is 32.3 Å². The normalized spacial score (nSPS) is 21.2. The summed E-state index contributed by atoms with van der Waals surface area (Å²) in [6.07, 6.45) is 10.8.